The number of benzene rings is 2. The van der Waals surface area contributed by atoms with Gasteiger partial charge in [0.15, 0.2) is 0 Å². The molecule has 0 bridgehead atoms. The van der Waals surface area contributed by atoms with Gasteiger partial charge in [0.25, 0.3) is 5.91 Å². The highest BCUT2D eigenvalue weighted by Crippen LogP contribution is 2.17. The van der Waals surface area contributed by atoms with E-state index < -0.39 is 0 Å². The lowest BCUT2D eigenvalue weighted by molar-refractivity contribution is 0.102. The van der Waals surface area contributed by atoms with Crippen molar-refractivity contribution in [3.63, 3.8) is 0 Å². The van der Waals surface area contributed by atoms with Crippen molar-refractivity contribution in [3.05, 3.63) is 95.8 Å². The molecule has 6 nitrogen and oxygen atoms in total. The Morgan fingerprint density at radius 3 is 2.67 bits per heavy atom. The molecular weight excluding hydrogens is 362 g/mol. The van der Waals surface area contributed by atoms with Crippen LogP contribution < -0.4 is 5.32 Å². The zero-order chi connectivity index (χ0) is 18.6. The van der Waals surface area contributed by atoms with Gasteiger partial charge >= 0.3 is 0 Å². The van der Waals surface area contributed by atoms with Crippen LogP contribution in [0.5, 0.6) is 0 Å². The zero-order valence-electron chi connectivity index (χ0n) is 14.3. The molecule has 0 aliphatic heterocycles. The normalized spacial score (nSPS) is 10.7. The van der Waals surface area contributed by atoms with Crippen molar-refractivity contribution in [3.8, 4) is 5.69 Å². The van der Waals surface area contributed by atoms with Gasteiger partial charge < -0.3 is 9.88 Å². The SMILES string of the molecule is O=C(Nc1ccc(-n2ccnc2)cc1)c1cnn(Cc2ccccc2Cl)c1. The number of anilines is 1. The molecule has 1 amide bonds. The number of nitrogens with zero attached hydrogens (tertiary/aromatic N) is 4. The molecule has 1 N–H and O–H groups in total. The highest BCUT2D eigenvalue weighted by molar-refractivity contribution is 6.31. The van der Waals surface area contributed by atoms with E-state index in [2.05, 4.69) is 15.4 Å². The molecule has 0 unspecified atom stereocenters. The van der Waals surface area contributed by atoms with Crippen molar-refractivity contribution in [2.24, 2.45) is 0 Å². The quantitative estimate of drug-likeness (QED) is 0.571. The molecule has 0 saturated heterocycles. The van der Waals surface area contributed by atoms with E-state index >= 15 is 0 Å². The van der Waals surface area contributed by atoms with Gasteiger partial charge in [-0.25, -0.2) is 4.98 Å². The van der Waals surface area contributed by atoms with Gasteiger partial charge in [0.2, 0.25) is 0 Å². The van der Waals surface area contributed by atoms with E-state index in [-0.39, 0.29) is 5.91 Å². The molecule has 0 aliphatic rings. The van der Waals surface area contributed by atoms with Crippen LogP contribution in [0, 0.1) is 0 Å². The third kappa shape index (κ3) is 3.91. The van der Waals surface area contributed by atoms with Gasteiger partial charge in [0.05, 0.1) is 24.6 Å². The van der Waals surface area contributed by atoms with Crippen molar-refractivity contribution in [2.75, 3.05) is 5.32 Å². The molecule has 7 heteroatoms. The van der Waals surface area contributed by atoms with Crippen molar-refractivity contribution < 1.29 is 4.79 Å². The summed E-state index contributed by atoms with van der Waals surface area (Å²) < 4.78 is 3.59. The van der Waals surface area contributed by atoms with Crippen LogP contribution in [-0.4, -0.2) is 25.2 Å². The minimum atomic E-state index is -0.212. The third-order valence-electron chi connectivity index (χ3n) is 4.11. The zero-order valence-corrected chi connectivity index (χ0v) is 15.0. The molecule has 27 heavy (non-hydrogen) atoms. The van der Waals surface area contributed by atoms with Crippen LogP contribution in [-0.2, 0) is 6.54 Å². The van der Waals surface area contributed by atoms with Gasteiger partial charge in [-0.05, 0) is 35.9 Å². The van der Waals surface area contributed by atoms with Crippen LogP contribution in [0.25, 0.3) is 5.69 Å². The Morgan fingerprint density at radius 2 is 1.93 bits per heavy atom. The van der Waals surface area contributed by atoms with Crippen molar-refractivity contribution in [1.29, 1.82) is 0 Å². The molecular formula is C20H16ClN5O. The van der Waals surface area contributed by atoms with Gasteiger partial charge in [-0.3, -0.25) is 9.48 Å². The number of halogens is 1. The first-order valence-corrected chi connectivity index (χ1v) is 8.72. The van der Waals surface area contributed by atoms with Gasteiger partial charge in [-0.2, -0.15) is 5.10 Å². The van der Waals surface area contributed by atoms with Gasteiger partial charge in [0.1, 0.15) is 0 Å². The summed E-state index contributed by atoms with van der Waals surface area (Å²) in [7, 11) is 0. The van der Waals surface area contributed by atoms with Crippen LogP contribution >= 0.6 is 11.6 Å². The molecule has 0 atom stereocenters. The Morgan fingerprint density at radius 1 is 1.11 bits per heavy atom. The van der Waals surface area contributed by atoms with Crippen LogP contribution in [0.15, 0.2) is 79.6 Å². The molecule has 0 spiro atoms. The van der Waals surface area contributed by atoms with Crippen LogP contribution in [0.4, 0.5) is 5.69 Å². The van der Waals surface area contributed by atoms with Crippen LogP contribution in [0.1, 0.15) is 15.9 Å². The Labute approximate surface area is 161 Å². The molecule has 2 aromatic carbocycles. The van der Waals surface area contributed by atoms with Gasteiger partial charge in [0, 0.05) is 35.0 Å². The molecule has 0 saturated carbocycles. The third-order valence-corrected chi connectivity index (χ3v) is 4.48. The number of amides is 1. The van der Waals surface area contributed by atoms with Crippen molar-refractivity contribution in [1.82, 2.24) is 19.3 Å². The van der Waals surface area contributed by atoms with Crippen LogP contribution in [0.2, 0.25) is 5.02 Å². The fourth-order valence-corrected chi connectivity index (χ4v) is 2.90. The fourth-order valence-electron chi connectivity index (χ4n) is 2.70. The highest BCUT2D eigenvalue weighted by Gasteiger charge is 2.10. The van der Waals surface area contributed by atoms with Crippen LogP contribution in [0.3, 0.4) is 0 Å². The first-order valence-electron chi connectivity index (χ1n) is 8.35. The summed E-state index contributed by atoms with van der Waals surface area (Å²) in [6.07, 6.45) is 8.56. The van der Waals surface area contributed by atoms with E-state index in [1.165, 1.54) is 0 Å². The van der Waals surface area contributed by atoms with E-state index in [9.17, 15) is 4.79 Å². The molecule has 0 radical (unpaired) electrons. The second-order valence-electron chi connectivity index (χ2n) is 5.99. The standard InChI is InChI=1S/C20H16ClN5O/c21-19-4-2-1-3-15(19)12-26-13-16(11-23-26)20(27)24-17-5-7-18(8-6-17)25-10-9-22-14-25/h1-11,13-14H,12H2,(H,24,27). The Kier molecular flexibility index (Phi) is 4.72. The fraction of sp³-hybridized carbons (Fsp3) is 0.0500. The summed E-state index contributed by atoms with van der Waals surface area (Å²) in [5.41, 5.74) is 3.12. The number of carbonyl (C=O) groups is 1. The predicted molar refractivity (Wildman–Crippen MR) is 104 cm³/mol. The maximum atomic E-state index is 12.5. The summed E-state index contributed by atoms with van der Waals surface area (Å²) in [5, 5.41) is 7.80. The molecule has 0 aliphatic carbocycles. The number of rotatable bonds is 5. The molecule has 0 fully saturated rings. The maximum Gasteiger partial charge on any atom is 0.258 e. The smallest absolute Gasteiger partial charge is 0.258 e. The average molecular weight is 378 g/mol. The van der Waals surface area contributed by atoms with Gasteiger partial charge in [-0.1, -0.05) is 29.8 Å². The number of nitrogens with one attached hydrogen (secondary N) is 1. The molecule has 4 rings (SSSR count). The van der Waals surface area contributed by atoms with E-state index in [4.69, 9.17) is 11.6 Å². The Bertz CT molecular complexity index is 1050. The minimum Gasteiger partial charge on any atom is -0.322 e. The van der Waals surface area contributed by atoms with Crippen molar-refractivity contribution >= 4 is 23.2 Å². The summed E-state index contributed by atoms with van der Waals surface area (Å²) >= 11 is 6.17. The predicted octanol–water partition coefficient (Wildman–Crippen LogP) is 4.02. The topological polar surface area (TPSA) is 64.7 Å². The Balaban J connectivity index is 1.43. The first-order chi connectivity index (χ1) is 13.2. The molecule has 2 aromatic heterocycles. The molecule has 4 aromatic rings. The van der Waals surface area contributed by atoms with Gasteiger partial charge in [-0.15, -0.1) is 0 Å². The largest absolute Gasteiger partial charge is 0.322 e. The number of hydrogen-bond donors (Lipinski definition) is 1. The second kappa shape index (κ2) is 7.47. The molecule has 2 heterocycles. The monoisotopic (exact) mass is 377 g/mol. The first kappa shape index (κ1) is 17.1. The van der Waals surface area contributed by atoms with Crippen molar-refractivity contribution in [2.45, 2.75) is 6.54 Å². The second-order valence-corrected chi connectivity index (χ2v) is 6.40. The number of carbonyl (C=O) groups excluding carboxylic acids is 1. The lowest BCUT2D eigenvalue weighted by atomic mass is 10.2. The maximum absolute atomic E-state index is 12.5. The summed E-state index contributed by atoms with van der Waals surface area (Å²) in [6, 6.07) is 15.1. The van der Waals surface area contributed by atoms with E-state index in [0.29, 0.717) is 22.8 Å². The van der Waals surface area contributed by atoms with E-state index in [1.54, 1.807) is 29.6 Å². The average Bonchev–Trinajstić information content (AvgIpc) is 3.36. The lowest BCUT2D eigenvalue weighted by Crippen LogP contribution is -2.11. The Hall–Kier alpha value is -3.38. The summed E-state index contributed by atoms with van der Waals surface area (Å²) in [5.74, 6) is -0.212. The summed E-state index contributed by atoms with van der Waals surface area (Å²) in [6.45, 7) is 0.507. The number of hydrogen-bond acceptors (Lipinski definition) is 3. The lowest BCUT2D eigenvalue weighted by Gasteiger charge is -2.06. The highest BCUT2D eigenvalue weighted by atomic mass is 35.5. The number of imidazole rings is 1. The van der Waals surface area contributed by atoms with E-state index in [0.717, 1.165) is 11.3 Å². The molecule has 134 valence electrons. The minimum absolute atomic E-state index is 0.212. The summed E-state index contributed by atoms with van der Waals surface area (Å²) in [4.78, 5) is 16.5. The van der Waals surface area contributed by atoms with E-state index in [1.807, 2.05) is 59.3 Å². The number of aromatic nitrogens is 4.